The Balaban J connectivity index is 4.55. The molecule has 0 saturated carbocycles. The second kappa shape index (κ2) is 6.55. The zero-order chi connectivity index (χ0) is 11.9. The van der Waals surface area contributed by atoms with Gasteiger partial charge in [0.2, 0.25) is 0 Å². The highest BCUT2D eigenvalue weighted by Gasteiger charge is 2.34. The number of carbonyl (C=O) groups excluding carboxylic acids is 1. The van der Waals surface area contributed by atoms with Gasteiger partial charge in [0.15, 0.2) is 5.72 Å². The smallest absolute Gasteiger partial charge is 0.331 e. The summed E-state index contributed by atoms with van der Waals surface area (Å²) in [7, 11) is 0. The summed E-state index contributed by atoms with van der Waals surface area (Å²) >= 11 is 0. The van der Waals surface area contributed by atoms with Gasteiger partial charge in [0.1, 0.15) is 0 Å². The number of ether oxygens (including phenoxy) is 1. The maximum absolute atomic E-state index is 11.0. The van der Waals surface area contributed by atoms with Crippen molar-refractivity contribution in [2.75, 3.05) is 13.2 Å². The van der Waals surface area contributed by atoms with E-state index in [1.165, 1.54) is 0 Å². The summed E-state index contributed by atoms with van der Waals surface area (Å²) in [6, 6.07) is 0. The first-order valence-electron chi connectivity index (χ1n) is 4.86. The van der Waals surface area contributed by atoms with E-state index >= 15 is 0 Å². The van der Waals surface area contributed by atoms with Crippen LogP contribution >= 0.6 is 0 Å². The summed E-state index contributed by atoms with van der Waals surface area (Å²) in [5, 5.41) is 17.6. The summed E-state index contributed by atoms with van der Waals surface area (Å²) in [4.78, 5) is 11.0. The molecular formula is C10H19NO4. The molecule has 2 unspecified atom stereocenters. The lowest BCUT2D eigenvalue weighted by atomic mass is 9.92. The minimum atomic E-state index is -1.25. The molecule has 15 heavy (non-hydrogen) atoms. The SMILES string of the molecule is C=CC(=O)OC(N)(CCO)C(C)CCO. The molecule has 0 aromatic carbocycles. The van der Waals surface area contributed by atoms with Crippen LogP contribution in [0.25, 0.3) is 0 Å². The molecule has 0 bridgehead atoms. The van der Waals surface area contributed by atoms with Crippen LogP contribution < -0.4 is 5.73 Å². The molecule has 5 nitrogen and oxygen atoms in total. The lowest BCUT2D eigenvalue weighted by Crippen LogP contribution is -2.50. The molecule has 4 N–H and O–H groups in total. The molecule has 0 aliphatic heterocycles. The summed E-state index contributed by atoms with van der Waals surface area (Å²) in [5.41, 5.74) is 4.61. The summed E-state index contributed by atoms with van der Waals surface area (Å²) < 4.78 is 4.99. The number of carbonyl (C=O) groups is 1. The van der Waals surface area contributed by atoms with Crippen molar-refractivity contribution in [3.63, 3.8) is 0 Å². The fourth-order valence-corrected chi connectivity index (χ4v) is 1.24. The largest absolute Gasteiger partial charge is 0.441 e. The van der Waals surface area contributed by atoms with Crippen LogP contribution in [-0.4, -0.2) is 35.1 Å². The van der Waals surface area contributed by atoms with Gasteiger partial charge in [-0.3, -0.25) is 5.73 Å². The third kappa shape index (κ3) is 4.42. The highest BCUT2D eigenvalue weighted by Crippen LogP contribution is 2.23. The van der Waals surface area contributed by atoms with Crippen molar-refractivity contribution in [1.82, 2.24) is 0 Å². The third-order valence-electron chi connectivity index (χ3n) is 2.36. The average molecular weight is 217 g/mol. The van der Waals surface area contributed by atoms with Gasteiger partial charge in [-0.1, -0.05) is 13.5 Å². The molecule has 0 heterocycles. The summed E-state index contributed by atoms with van der Waals surface area (Å²) in [6.07, 6.45) is 1.55. The minimum absolute atomic E-state index is 0.0445. The molecule has 0 saturated heterocycles. The van der Waals surface area contributed by atoms with Crippen LogP contribution in [0.4, 0.5) is 0 Å². The van der Waals surface area contributed by atoms with Crippen LogP contribution in [0.3, 0.4) is 0 Å². The number of hydrogen-bond donors (Lipinski definition) is 3. The number of nitrogens with two attached hydrogens (primary N) is 1. The first-order chi connectivity index (χ1) is 7.00. The molecular weight excluding hydrogens is 198 g/mol. The first-order valence-corrected chi connectivity index (χ1v) is 4.86. The number of rotatable bonds is 7. The normalized spacial score (nSPS) is 16.5. The van der Waals surface area contributed by atoms with Gasteiger partial charge in [0, 0.05) is 31.6 Å². The highest BCUT2D eigenvalue weighted by atomic mass is 16.6. The molecule has 0 fully saturated rings. The quantitative estimate of drug-likeness (QED) is 0.311. The Morgan fingerprint density at radius 3 is 2.60 bits per heavy atom. The van der Waals surface area contributed by atoms with E-state index in [1.54, 1.807) is 6.92 Å². The van der Waals surface area contributed by atoms with Crippen molar-refractivity contribution in [3.8, 4) is 0 Å². The van der Waals surface area contributed by atoms with Crippen molar-refractivity contribution in [2.24, 2.45) is 11.7 Å². The van der Waals surface area contributed by atoms with E-state index in [0.717, 1.165) is 6.08 Å². The Kier molecular flexibility index (Phi) is 6.15. The van der Waals surface area contributed by atoms with Crippen LogP contribution in [0, 0.1) is 5.92 Å². The van der Waals surface area contributed by atoms with Crippen molar-refractivity contribution < 1.29 is 19.7 Å². The van der Waals surface area contributed by atoms with E-state index < -0.39 is 11.7 Å². The van der Waals surface area contributed by atoms with Crippen LogP contribution in [0.1, 0.15) is 19.8 Å². The molecule has 2 atom stereocenters. The van der Waals surface area contributed by atoms with Crippen molar-refractivity contribution in [3.05, 3.63) is 12.7 Å². The van der Waals surface area contributed by atoms with E-state index in [2.05, 4.69) is 6.58 Å². The van der Waals surface area contributed by atoms with Gasteiger partial charge in [-0.05, 0) is 6.42 Å². The molecule has 0 aromatic heterocycles. The predicted molar refractivity (Wildman–Crippen MR) is 55.8 cm³/mol. The van der Waals surface area contributed by atoms with Crippen molar-refractivity contribution in [2.45, 2.75) is 25.5 Å². The number of esters is 1. The third-order valence-corrected chi connectivity index (χ3v) is 2.36. The van der Waals surface area contributed by atoms with Crippen LogP contribution in [0.5, 0.6) is 0 Å². The Morgan fingerprint density at radius 1 is 1.60 bits per heavy atom. The molecule has 0 aliphatic rings. The molecule has 0 radical (unpaired) electrons. The fourth-order valence-electron chi connectivity index (χ4n) is 1.24. The Bertz CT molecular complexity index is 219. The molecule has 0 rings (SSSR count). The molecule has 0 aromatic rings. The van der Waals surface area contributed by atoms with Gasteiger partial charge in [-0.25, -0.2) is 4.79 Å². The van der Waals surface area contributed by atoms with Gasteiger partial charge in [-0.2, -0.15) is 0 Å². The van der Waals surface area contributed by atoms with E-state index in [4.69, 9.17) is 20.7 Å². The standard InChI is InChI=1S/C10H19NO4/c1-3-9(14)15-10(11,5-7-13)8(2)4-6-12/h3,8,12-13H,1,4-7,11H2,2H3. The maximum Gasteiger partial charge on any atom is 0.331 e. The lowest BCUT2D eigenvalue weighted by molar-refractivity contribution is -0.161. The van der Waals surface area contributed by atoms with Crippen LogP contribution in [-0.2, 0) is 9.53 Å². The van der Waals surface area contributed by atoms with Gasteiger partial charge >= 0.3 is 5.97 Å². The van der Waals surface area contributed by atoms with Gasteiger partial charge in [0.05, 0.1) is 0 Å². The average Bonchev–Trinajstić information content (AvgIpc) is 2.18. The Hall–Kier alpha value is -0.910. The van der Waals surface area contributed by atoms with E-state index in [-0.39, 0.29) is 25.6 Å². The van der Waals surface area contributed by atoms with Crippen LogP contribution in [0.15, 0.2) is 12.7 Å². The topological polar surface area (TPSA) is 92.8 Å². The Morgan fingerprint density at radius 2 is 2.20 bits per heavy atom. The van der Waals surface area contributed by atoms with Gasteiger partial charge < -0.3 is 14.9 Å². The highest BCUT2D eigenvalue weighted by molar-refractivity contribution is 5.81. The summed E-state index contributed by atoms with van der Waals surface area (Å²) in [5.74, 6) is -0.866. The second-order valence-corrected chi connectivity index (χ2v) is 3.47. The monoisotopic (exact) mass is 217 g/mol. The van der Waals surface area contributed by atoms with Crippen LogP contribution in [0.2, 0.25) is 0 Å². The second-order valence-electron chi connectivity index (χ2n) is 3.47. The Labute approximate surface area is 89.5 Å². The zero-order valence-corrected chi connectivity index (χ0v) is 8.98. The van der Waals surface area contributed by atoms with Gasteiger partial charge in [-0.15, -0.1) is 0 Å². The molecule has 5 heteroatoms. The number of hydrogen-bond acceptors (Lipinski definition) is 5. The van der Waals surface area contributed by atoms with Gasteiger partial charge in [0.25, 0.3) is 0 Å². The lowest BCUT2D eigenvalue weighted by Gasteiger charge is -2.33. The number of aliphatic hydroxyl groups excluding tert-OH is 2. The minimum Gasteiger partial charge on any atom is -0.441 e. The predicted octanol–water partition coefficient (Wildman–Crippen LogP) is -0.229. The summed E-state index contributed by atoms with van der Waals surface area (Å²) in [6.45, 7) is 4.79. The molecule has 0 aliphatic carbocycles. The van der Waals surface area contributed by atoms with Crippen molar-refractivity contribution in [1.29, 1.82) is 0 Å². The van der Waals surface area contributed by atoms with Crippen molar-refractivity contribution >= 4 is 5.97 Å². The van der Waals surface area contributed by atoms with E-state index in [0.29, 0.717) is 6.42 Å². The van der Waals surface area contributed by atoms with E-state index in [9.17, 15) is 4.79 Å². The fraction of sp³-hybridized carbons (Fsp3) is 0.700. The molecule has 88 valence electrons. The molecule has 0 spiro atoms. The first kappa shape index (κ1) is 14.1. The van der Waals surface area contributed by atoms with E-state index in [1.807, 2.05) is 0 Å². The molecule has 0 amide bonds. The number of aliphatic hydroxyl groups is 2. The maximum atomic E-state index is 11.0. The zero-order valence-electron chi connectivity index (χ0n) is 8.98.